The molecule has 3 heterocycles. The summed E-state index contributed by atoms with van der Waals surface area (Å²) in [4.78, 5) is 11.0. The Kier molecular flexibility index (Phi) is 4.26. The molecule has 1 N–H and O–H groups in total. The molecule has 23 heavy (non-hydrogen) atoms. The van der Waals surface area contributed by atoms with Gasteiger partial charge in [0.05, 0.1) is 23.7 Å². The number of ether oxygens (including phenoxy) is 1. The third kappa shape index (κ3) is 3.32. The van der Waals surface area contributed by atoms with Crippen molar-refractivity contribution in [2.75, 3.05) is 25.1 Å². The largest absolute Gasteiger partial charge is 0.376 e. The molecule has 1 fully saturated rings. The minimum absolute atomic E-state index is 0.0167. The van der Waals surface area contributed by atoms with Crippen molar-refractivity contribution in [2.24, 2.45) is 0 Å². The lowest BCUT2D eigenvalue weighted by Gasteiger charge is -2.24. The smallest absolute Gasteiger partial charge is 0.156 e. The number of hydrogen-bond acceptors (Lipinski definition) is 6. The van der Waals surface area contributed by atoms with Gasteiger partial charge in [-0.3, -0.25) is 5.10 Å². The van der Waals surface area contributed by atoms with Crippen LogP contribution in [0.1, 0.15) is 35.2 Å². The minimum Gasteiger partial charge on any atom is -0.376 e. The summed E-state index contributed by atoms with van der Waals surface area (Å²) < 4.78 is 5.88. The van der Waals surface area contributed by atoms with Gasteiger partial charge in [-0.1, -0.05) is 0 Å². The highest BCUT2D eigenvalue weighted by molar-refractivity contribution is 5.46. The summed E-state index contributed by atoms with van der Waals surface area (Å²) in [6.07, 6.45) is 0.934. The maximum absolute atomic E-state index is 9.10. The first-order chi connectivity index (χ1) is 11.1. The van der Waals surface area contributed by atoms with Crippen LogP contribution in [0.2, 0.25) is 0 Å². The third-order valence-corrected chi connectivity index (χ3v) is 4.07. The lowest BCUT2D eigenvalue weighted by Crippen LogP contribution is -2.33. The van der Waals surface area contributed by atoms with Crippen LogP contribution in [0.15, 0.2) is 12.1 Å². The second kappa shape index (κ2) is 6.34. The van der Waals surface area contributed by atoms with Crippen LogP contribution in [-0.2, 0) is 4.74 Å². The quantitative estimate of drug-likeness (QED) is 0.924. The van der Waals surface area contributed by atoms with Crippen molar-refractivity contribution in [3.05, 3.63) is 35.0 Å². The number of aromatic amines is 1. The number of pyridine rings is 1. The molecule has 2 aromatic rings. The molecule has 1 saturated heterocycles. The highest BCUT2D eigenvalue weighted by Gasteiger charge is 2.33. The van der Waals surface area contributed by atoms with Crippen LogP contribution in [0.4, 0.5) is 5.82 Å². The van der Waals surface area contributed by atoms with E-state index in [2.05, 4.69) is 26.2 Å². The standard InChI is InChI=1S/C16H20N6O/c1-10-6-12(8-17)7-15(18-10)22(3)9-14-13(4-5-23-14)16-19-11(2)20-21-16/h6-7,13-14H,4-5,9H2,1-3H3,(H,19,20,21)/t13-,14-/m1/s1. The van der Waals surface area contributed by atoms with E-state index in [0.29, 0.717) is 18.7 Å². The Labute approximate surface area is 135 Å². The number of hydrogen-bond donors (Lipinski definition) is 1. The minimum atomic E-state index is 0.0167. The van der Waals surface area contributed by atoms with Crippen molar-refractivity contribution < 1.29 is 4.74 Å². The van der Waals surface area contributed by atoms with Crippen LogP contribution in [0.25, 0.3) is 0 Å². The van der Waals surface area contributed by atoms with Gasteiger partial charge in [0.2, 0.25) is 0 Å². The molecule has 0 spiro atoms. The van der Waals surface area contributed by atoms with Crippen molar-refractivity contribution in [3.63, 3.8) is 0 Å². The van der Waals surface area contributed by atoms with Gasteiger partial charge in [0, 0.05) is 25.9 Å². The van der Waals surface area contributed by atoms with E-state index in [1.807, 2.05) is 25.8 Å². The molecule has 0 saturated carbocycles. The van der Waals surface area contributed by atoms with Crippen LogP contribution in [0.5, 0.6) is 0 Å². The molecule has 1 aliphatic rings. The number of anilines is 1. The van der Waals surface area contributed by atoms with E-state index < -0.39 is 0 Å². The summed E-state index contributed by atoms with van der Waals surface area (Å²) in [6, 6.07) is 5.75. The Bertz CT molecular complexity index is 734. The van der Waals surface area contributed by atoms with E-state index in [0.717, 1.165) is 29.6 Å². The fourth-order valence-electron chi connectivity index (χ4n) is 2.92. The zero-order chi connectivity index (χ0) is 16.4. The summed E-state index contributed by atoms with van der Waals surface area (Å²) in [5.74, 6) is 2.59. The summed E-state index contributed by atoms with van der Waals surface area (Å²) >= 11 is 0. The molecule has 2 aromatic heterocycles. The fourth-order valence-corrected chi connectivity index (χ4v) is 2.92. The Morgan fingerprint density at radius 1 is 1.39 bits per heavy atom. The Hall–Kier alpha value is -2.46. The lowest BCUT2D eigenvalue weighted by atomic mass is 10.0. The number of aryl methyl sites for hydroxylation is 2. The number of nitriles is 1. The maximum atomic E-state index is 9.10. The zero-order valence-corrected chi connectivity index (χ0v) is 13.6. The predicted octanol–water partition coefficient (Wildman–Crippen LogP) is 1.70. The van der Waals surface area contributed by atoms with Crippen molar-refractivity contribution >= 4 is 5.82 Å². The normalized spacial score (nSPS) is 20.4. The van der Waals surface area contributed by atoms with Gasteiger partial charge in [-0.05, 0) is 32.4 Å². The highest BCUT2D eigenvalue weighted by atomic mass is 16.5. The Morgan fingerprint density at radius 2 is 2.22 bits per heavy atom. The highest BCUT2D eigenvalue weighted by Crippen LogP contribution is 2.30. The van der Waals surface area contributed by atoms with Gasteiger partial charge in [0.15, 0.2) is 5.82 Å². The van der Waals surface area contributed by atoms with Gasteiger partial charge in [-0.15, -0.1) is 0 Å². The summed E-state index contributed by atoms with van der Waals surface area (Å²) in [7, 11) is 1.96. The number of nitrogens with one attached hydrogen (secondary N) is 1. The number of H-pyrrole nitrogens is 1. The predicted molar refractivity (Wildman–Crippen MR) is 85.2 cm³/mol. The Balaban J connectivity index is 1.75. The van der Waals surface area contributed by atoms with Gasteiger partial charge >= 0.3 is 0 Å². The number of nitrogens with zero attached hydrogens (tertiary/aromatic N) is 5. The first-order valence-electron chi connectivity index (χ1n) is 7.67. The molecule has 0 aliphatic carbocycles. The van der Waals surface area contributed by atoms with Gasteiger partial charge in [-0.25, -0.2) is 9.97 Å². The SMILES string of the molecule is Cc1cc(C#N)cc(N(C)C[C@H]2OCC[C@H]2c2n[nH]c(C)n2)n1. The first kappa shape index (κ1) is 15.4. The van der Waals surface area contributed by atoms with Crippen LogP contribution in [0, 0.1) is 25.2 Å². The summed E-state index contributed by atoms with van der Waals surface area (Å²) in [6.45, 7) is 5.18. The summed E-state index contributed by atoms with van der Waals surface area (Å²) in [5.41, 5.74) is 1.45. The topological polar surface area (TPSA) is 90.7 Å². The molecule has 0 unspecified atom stereocenters. The van der Waals surface area contributed by atoms with E-state index in [1.165, 1.54) is 0 Å². The van der Waals surface area contributed by atoms with Crippen LogP contribution in [0.3, 0.4) is 0 Å². The first-order valence-corrected chi connectivity index (χ1v) is 7.67. The molecule has 120 valence electrons. The molecule has 0 amide bonds. The van der Waals surface area contributed by atoms with Crippen molar-refractivity contribution in [1.29, 1.82) is 5.26 Å². The van der Waals surface area contributed by atoms with Crippen molar-refractivity contribution in [1.82, 2.24) is 20.2 Å². The van der Waals surface area contributed by atoms with E-state index in [9.17, 15) is 0 Å². The van der Waals surface area contributed by atoms with Gasteiger partial charge < -0.3 is 9.64 Å². The molecule has 7 heteroatoms. The van der Waals surface area contributed by atoms with Crippen LogP contribution < -0.4 is 4.90 Å². The second-order valence-electron chi connectivity index (χ2n) is 5.93. The van der Waals surface area contributed by atoms with E-state index in [-0.39, 0.29) is 12.0 Å². The van der Waals surface area contributed by atoms with Gasteiger partial charge in [0.25, 0.3) is 0 Å². The third-order valence-electron chi connectivity index (χ3n) is 4.07. The lowest BCUT2D eigenvalue weighted by molar-refractivity contribution is 0.108. The maximum Gasteiger partial charge on any atom is 0.156 e. The molecule has 3 rings (SSSR count). The molecule has 0 radical (unpaired) electrons. The molecular weight excluding hydrogens is 292 g/mol. The van der Waals surface area contributed by atoms with Gasteiger partial charge in [0.1, 0.15) is 11.6 Å². The van der Waals surface area contributed by atoms with Crippen molar-refractivity contribution in [2.45, 2.75) is 32.3 Å². The molecule has 1 aliphatic heterocycles. The molecule has 2 atom stereocenters. The van der Waals surface area contributed by atoms with Crippen LogP contribution in [-0.4, -0.2) is 46.5 Å². The van der Waals surface area contributed by atoms with Crippen molar-refractivity contribution in [3.8, 4) is 6.07 Å². The van der Waals surface area contributed by atoms with E-state index in [4.69, 9.17) is 10.00 Å². The second-order valence-corrected chi connectivity index (χ2v) is 5.93. The number of likely N-dealkylation sites (N-methyl/N-ethyl adjacent to an activating group) is 1. The number of aromatic nitrogens is 4. The average Bonchev–Trinajstić information content (AvgIpc) is 3.15. The number of rotatable bonds is 4. The monoisotopic (exact) mass is 312 g/mol. The average molecular weight is 312 g/mol. The van der Waals surface area contributed by atoms with Crippen LogP contribution >= 0.6 is 0 Å². The fraction of sp³-hybridized carbons (Fsp3) is 0.500. The molecule has 7 nitrogen and oxygen atoms in total. The molecule has 0 bridgehead atoms. The van der Waals surface area contributed by atoms with E-state index in [1.54, 1.807) is 12.1 Å². The van der Waals surface area contributed by atoms with Gasteiger partial charge in [-0.2, -0.15) is 10.4 Å². The Morgan fingerprint density at radius 3 is 2.91 bits per heavy atom. The van der Waals surface area contributed by atoms with E-state index >= 15 is 0 Å². The zero-order valence-electron chi connectivity index (χ0n) is 13.6. The summed E-state index contributed by atoms with van der Waals surface area (Å²) in [5, 5.41) is 16.3. The molecular formula is C16H20N6O. The molecule has 0 aromatic carbocycles.